The van der Waals surface area contributed by atoms with Crippen LogP contribution in [0.5, 0.6) is 0 Å². The van der Waals surface area contributed by atoms with E-state index in [-0.39, 0.29) is 22.4 Å². The van der Waals surface area contributed by atoms with Gasteiger partial charge >= 0.3 is 5.97 Å². The lowest BCUT2D eigenvalue weighted by molar-refractivity contribution is -0.136. The summed E-state index contributed by atoms with van der Waals surface area (Å²) in [5, 5.41) is 9.11. The molecule has 2 aliphatic rings. The molecule has 1 saturated heterocycles. The Hall–Kier alpha value is -1.71. The van der Waals surface area contributed by atoms with Crippen molar-refractivity contribution in [3.05, 3.63) is 33.1 Å². The first-order valence-electron chi connectivity index (χ1n) is 7.35. The van der Waals surface area contributed by atoms with E-state index in [0.717, 1.165) is 16.2 Å². The molecule has 0 saturated carbocycles. The van der Waals surface area contributed by atoms with Gasteiger partial charge in [-0.25, -0.2) is 0 Å². The summed E-state index contributed by atoms with van der Waals surface area (Å²) in [7, 11) is 0. The number of benzene rings is 1. The molecule has 2 amide bonds. The molecule has 3 rings (SSSR count). The molecular weight excluding hydrogens is 428 g/mol. The number of fused-ring (bicyclic) bond motifs is 1. The lowest BCUT2D eigenvalue weighted by Crippen LogP contribution is -2.35. The molecular formula is C16H13BrN2O4S2. The van der Waals surface area contributed by atoms with Gasteiger partial charge in [-0.15, -0.1) is 0 Å². The molecule has 1 fully saturated rings. The highest BCUT2D eigenvalue weighted by Crippen LogP contribution is 2.45. The van der Waals surface area contributed by atoms with Crippen molar-refractivity contribution < 1.29 is 19.5 Å². The maximum Gasteiger partial charge on any atom is 0.323 e. The van der Waals surface area contributed by atoms with Gasteiger partial charge in [-0.1, -0.05) is 39.9 Å². The first-order valence-corrected chi connectivity index (χ1v) is 9.37. The third-order valence-electron chi connectivity index (χ3n) is 3.81. The van der Waals surface area contributed by atoms with Crippen LogP contribution in [-0.2, 0) is 14.4 Å². The molecule has 130 valence electrons. The minimum absolute atomic E-state index is 0.126. The van der Waals surface area contributed by atoms with Crippen LogP contribution in [0.1, 0.15) is 19.4 Å². The molecule has 2 heterocycles. The summed E-state index contributed by atoms with van der Waals surface area (Å²) in [5.41, 5.74) is 1.21. The van der Waals surface area contributed by atoms with Crippen molar-refractivity contribution in [1.82, 2.24) is 4.90 Å². The third kappa shape index (κ3) is 3.00. The zero-order chi connectivity index (χ0) is 18.5. The molecule has 25 heavy (non-hydrogen) atoms. The van der Waals surface area contributed by atoms with E-state index in [9.17, 15) is 14.4 Å². The first kappa shape index (κ1) is 18.1. The van der Waals surface area contributed by atoms with Crippen LogP contribution < -0.4 is 4.90 Å². The predicted octanol–water partition coefficient (Wildman–Crippen LogP) is 2.86. The molecule has 1 aromatic carbocycles. The molecule has 1 aromatic rings. The van der Waals surface area contributed by atoms with Crippen molar-refractivity contribution in [3.63, 3.8) is 0 Å². The van der Waals surface area contributed by atoms with E-state index < -0.39 is 18.4 Å². The SMILES string of the molecule is CC(C)N1C(=O)/C(=C2\C(=O)N(CC(=O)O)c3ccc(Br)cc32)SC1=S. The average molecular weight is 441 g/mol. The van der Waals surface area contributed by atoms with Gasteiger partial charge in [0.15, 0.2) is 0 Å². The van der Waals surface area contributed by atoms with Crippen LogP contribution in [0.15, 0.2) is 27.6 Å². The normalized spacial score (nSPS) is 20.1. The summed E-state index contributed by atoms with van der Waals surface area (Å²) in [5.74, 6) is -1.95. The van der Waals surface area contributed by atoms with Gasteiger partial charge in [0.1, 0.15) is 10.9 Å². The summed E-state index contributed by atoms with van der Waals surface area (Å²) in [6, 6.07) is 4.98. The highest BCUT2D eigenvalue weighted by atomic mass is 79.9. The molecule has 0 bridgehead atoms. The topological polar surface area (TPSA) is 77.9 Å². The van der Waals surface area contributed by atoms with Crippen molar-refractivity contribution >= 4 is 73.3 Å². The largest absolute Gasteiger partial charge is 0.480 e. The molecule has 0 spiro atoms. The Morgan fingerprint density at radius 1 is 1.32 bits per heavy atom. The maximum atomic E-state index is 12.9. The number of thiocarbonyl (C=S) groups is 1. The zero-order valence-corrected chi connectivity index (χ0v) is 16.5. The maximum absolute atomic E-state index is 12.9. The number of amides is 2. The summed E-state index contributed by atoms with van der Waals surface area (Å²) in [6.45, 7) is 3.22. The van der Waals surface area contributed by atoms with Crippen molar-refractivity contribution in [2.24, 2.45) is 0 Å². The molecule has 1 N–H and O–H groups in total. The molecule has 0 aliphatic carbocycles. The number of carbonyl (C=O) groups is 3. The molecule has 6 nitrogen and oxygen atoms in total. The lowest BCUT2D eigenvalue weighted by atomic mass is 10.1. The molecule has 0 aromatic heterocycles. The smallest absolute Gasteiger partial charge is 0.323 e. The van der Waals surface area contributed by atoms with Crippen LogP contribution in [0.4, 0.5) is 5.69 Å². The van der Waals surface area contributed by atoms with Gasteiger partial charge in [0.25, 0.3) is 11.8 Å². The van der Waals surface area contributed by atoms with Gasteiger partial charge in [-0.05, 0) is 32.0 Å². The number of aliphatic carboxylic acids is 1. The van der Waals surface area contributed by atoms with E-state index in [1.54, 1.807) is 18.2 Å². The summed E-state index contributed by atoms with van der Waals surface area (Å²) in [6.07, 6.45) is 0. The number of thioether (sulfide) groups is 1. The Morgan fingerprint density at radius 3 is 2.56 bits per heavy atom. The Balaban J connectivity index is 2.19. The van der Waals surface area contributed by atoms with Crippen LogP contribution in [0.25, 0.3) is 5.57 Å². The minimum atomic E-state index is -1.13. The van der Waals surface area contributed by atoms with Crippen LogP contribution in [0.3, 0.4) is 0 Å². The second kappa shape index (κ2) is 6.54. The minimum Gasteiger partial charge on any atom is -0.480 e. The fourth-order valence-corrected chi connectivity index (χ4v) is 4.75. The fraction of sp³-hybridized carbons (Fsp3) is 0.250. The summed E-state index contributed by atoms with van der Waals surface area (Å²) < 4.78 is 1.12. The molecule has 0 atom stereocenters. The van der Waals surface area contributed by atoms with Gasteiger partial charge in [-0.3, -0.25) is 24.2 Å². The van der Waals surface area contributed by atoms with Crippen LogP contribution in [-0.4, -0.2) is 44.7 Å². The lowest BCUT2D eigenvalue weighted by Gasteiger charge is -2.18. The van der Waals surface area contributed by atoms with Crippen LogP contribution >= 0.6 is 39.9 Å². The van der Waals surface area contributed by atoms with E-state index in [1.807, 2.05) is 13.8 Å². The number of carboxylic acids is 1. The molecule has 0 unspecified atom stereocenters. The third-order valence-corrected chi connectivity index (χ3v) is 5.71. The second-order valence-corrected chi connectivity index (χ2v) is 8.35. The Bertz CT molecular complexity index is 866. The van der Waals surface area contributed by atoms with Gasteiger partial charge in [0, 0.05) is 16.1 Å². The number of nitrogens with zero attached hydrogens (tertiary/aromatic N) is 2. The number of hydrogen-bond acceptors (Lipinski definition) is 5. The van der Waals surface area contributed by atoms with E-state index in [1.165, 1.54) is 9.80 Å². The van der Waals surface area contributed by atoms with Gasteiger partial charge in [0.2, 0.25) is 0 Å². The number of hydrogen-bond donors (Lipinski definition) is 1. The Kier molecular flexibility index (Phi) is 4.74. The van der Waals surface area contributed by atoms with Crippen molar-refractivity contribution in [1.29, 1.82) is 0 Å². The number of carbonyl (C=O) groups excluding carboxylic acids is 2. The fourth-order valence-electron chi connectivity index (χ4n) is 2.79. The van der Waals surface area contributed by atoms with Crippen molar-refractivity contribution in [3.8, 4) is 0 Å². The first-order chi connectivity index (χ1) is 11.7. The van der Waals surface area contributed by atoms with Crippen LogP contribution in [0, 0.1) is 0 Å². The van der Waals surface area contributed by atoms with Crippen molar-refractivity contribution in [2.45, 2.75) is 19.9 Å². The van der Waals surface area contributed by atoms with Gasteiger partial charge in [-0.2, -0.15) is 0 Å². The Morgan fingerprint density at radius 2 is 2.00 bits per heavy atom. The summed E-state index contributed by atoms with van der Waals surface area (Å²) >= 11 is 9.71. The van der Waals surface area contributed by atoms with Crippen LogP contribution in [0.2, 0.25) is 0 Å². The van der Waals surface area contributed by atoms with Gasteiger partial charge in [0.05, 0.1) is 16.2 Å². The van der Waals surface area contributed by atoms with Gasteiger partial charge < -0.3 is 5.11 Å². The quantitative estimate of drug-likeness (QED) is 0.574. The van der Waals surface area contributed by atoms with E-state index in [2.05, 4.69) is 15.9 Å². The number of halogens is 1. The van der Waals surface area contributed by atoms with E-state index >= 15 is 0 Å². The average Bonchev–Trinajstić information content (AvgIpc) is 2.93. The van der Waals surface area contributed by atoms with E-state index in [4.69, 9.17) is 17.3 Å². The molecule has 2 aliphatic heterocycles. The highest BCUT2D eigenvalue weighted by molar-refractivity contribution is 9.10. The highest BCUT2D eigenvalue weighted by Gasteiger charge is 2.43. The number of rotatable bonds is 3. The number of carboxylic acid groups (broad SMARTS) is 1. The number of anilines is 1. The monoisotopic (exact) mass is 440 g/mol. The summed E-state index contributed by atoms with van der Waals surface area (Å²) in [4.78, 5) is 39.7. The second-order valence-electron chi connectivity index (χ2n) is 5.79. The van der Waals surface area contributed by atoms with Crippen molar-refractivity contribution in [2.75, 3.05) is 11.4 Å². The predicted molar refractivity (Wildman–Crippen MR) is 103 cm³/mol. The molecule has 9 heteroatoms. The standard InChI is InChI=1S/C16H13BrN2O4S2/c1-7(2)19-15(23)13(25-16(19)24)12-9-5-8(17)3-4-10(9)18(14(12)22)6-11(20)21/h3-5,7H,6H2,1-2H3,(H,20,21)/b13-12+. The molecule has 0 radical (unpaired) electrons. The Labute approximate surface area is 162 Å². The van der Waals surface area contributed by atoms with E-state index in [0.29, 0.717) is 15.6 Å². The zero-order valence-electron chi connectivity index (χ0n) is 13.3.